The summed E-state index contributed by atoms with van der Waals surface area (Å²) in [6.07, 6.45) is -2.17. The van der Waals surface area contributed by atoms with E-state index in [1.54, 1.807) is 0 Å². The number of phenols is 1. The fourth-order valence-corrected chi connectivity index (χ4v) is 11.3. The maximum atomic E-state index is 14.8. The van der Waals surface area contributed by atoms with E-state index in [0.29, 0.717) is 31.2 Å². The Kier molecular flexibility index (Phi) is 41.8. The number of Topliss-reactive ketones (excluding diaryl/α,β-unsaturated/α-hetero) is 5. The number of aromatic hydroxyl groups is 1. The average Bonchev–Trinajstić information content (AvgIpc) is 1.06. The molecule has 0 radical (unpaired) electrons. The lowest BCUT2D eigenvalue weighted by molar-refractivity contribution is -0.137. The van der Waals surface area contributed by atoms with Gasteiger partial charge < -0.3 is 82.0 Å². The molecule has 8 amide bonds. The second-order valence-corrected chi connectivity index (χ2v) is 27.1. The van der Waals surface area contributed by atoms with Crippen molar-refractivity contribution in [2.45, 2.75) is 227 Å². The first-order valence-electron chi connectivity index (χ1n) is 34.1. The molecule has 0 saturated carbocycles. The SMILES string of the molecule is CC(C)C[C@H](CC(=O)[C@@H](NC(=O)[C@H](CO)CC(=O)[C@H](CCCCN)NC(=O)[C@@H](CC(=O)[C@H](CC(C)C)NC(=O)[C@H](CCCCN)CC(=O)[C@H](CCCN=C(N)N)NC(=O)[C@@H](CC(=O)[C@H](CCC(N)=O)NC(=O)[C@@H](C)CCC(N)=O)Cc1ccc(O)cc1)CC(C)C)[C@H](C)O)C(N)=O. The Labute approximate surface area is 571 Å². The molecule has 0 unspecified atom stereocenters. The largest absolute Gasteiger partial charge is 0.508 e. The minimum atomic E-state index is -1.51. The average molecular weight is 1370 g/mol. The molecule has 0 aliphatic rings. The fraction of sp³-hybridized carbons (Fsp3) is 0.706. The summed E-state index contributed by atoms with van der Waals surface area (Å²) in [6.45, 7) is 13.4. The number of ketones is 5. The van der Waals surface area contributed by atoms with E-state index in [-0.39, 0.29) is 133 Å². The molecule has 0 bridgehead atoms. The number of guanidine groups is 1. The summed E-state index contributed by atoms with van der Waals surface area (Å²) >= 11 is 0. The van der Waals surface area contributed by atoms with Crippen LogP contribution in [0.25, 0.3) is 0 Å². The normalized spacial score (nSPS) is 15.2. The third-order valence-corrected chi connectivity index (χ3v) is 16.8. The predicted octanol–water partition coefficient (Wildman–Crippen LogP) is 0.711. The number of aliphatic hydroxyl groups is 2. The van der Waals surface area contributed by atoms with Gasteiger partial charge in [-0.2, -0.15) is 0 Å². The lowest BCUT2D eigenvalue weighted by Gasteiger charge is -2.28. The van der Waals surface area contributed by atoms with Crippen molar-refractivity contribution in [2.24, 2.45) is 98.4 Å². The first kappa shape index (κ1) is 87.3. The Bertz CT molecular complexity index is 2760. The molecule has 0 aromatic heterocycles. The summed E-state index contributed by atoms with van der Waals surface area (Å²) < 4.78 is 0. The number of nitrogens with zero attached hydrogens (tertiary/aromatic N) is 1. The summed E-state index contributed by atoms with van der Waals surface area (Å²) in [5, 5.41) is 44.6. The van der Waals surface area contributed by atoms with Crippen molar-refractivity contribution < 1.29 is 77.6 Å². The Morgan fingerprint density at radius 3 is 1.35 bits per heavy atom. The van der Waals surface area contributed by atoms with Crippen LogP contribution in [-0.2, 0) is 68.7 Å². The van der Waals surface area contributed by atoms with Crippen LogP contribution in [0, 0.1) is 53.3 Å². The van der Waals surface area contributed by atoms with Crippen LogP contribution >= 0.6 is 0 Å². The van der Waals surface area contributed by atoms with Crippen molar-refractivity contribution in [3.05, 3.63) is 29.8 Å². The van der Waals surface area contributed by atoms with E-state index >= 15 is 0 Å². The molecule has 0 fully saturated rings. The van der Waals surface area contributed by atoms with Crippen LogP contribution in [0.1, 0.15) is 189 Å². The molecule has 548 valence electrons. The van der Waals surface area contributed by atoms with Gasteiger partial charge in [-0.15, -0.1) is 0 Å². The van der Waals surface area contributed by atoms with Gasteiger partial charge in [-0.25, -0.2) is 0 Å². The van der Waals surface area contributed by atoms with E-state index in [9.17, 15) is 77.6 Å². The fourth-order valence-electron chi connectivity index (χ4n) is 11.3. The zero-order valence-corrected chi connectivity index (χ0v) is 58.3. The lowest BCUT2D eigenvalue weighted by Crippen LogP contribution is -2.52. The summed E-state index contributed by atoms with van der Waals surface area (Å²) in [5.74, 6) is -16.2. The van der Waals surface area contributed by atoms with E-state index in [2.05, 4.69) is 31.6 Å². The standard InChI is InChI=1S/C68H115N13O16/c1-38(2)28-45(62(73)92)33-58(89)61(42(8)83)81-67(97)48(37-82)36-56(87)50(15-10-12-26-70)78-65(95)46(29-39(3)4)34-57(88)53(30-40(5)6)80-64(94)44(14-9-11-25-69)32-54(85)51(16-13-27-76-68(74)75)79-66(96)47(31-43-18-20-49(84)21-19-43)35-55(86)52(22-24-60(72)91)77-63(93)41(7)17-23-59(71)90/h18-21,38-42,44-48,50-53,61,82-84H,9-17,22-37,69-70H2,1-8H3,(H2,71,90)(H2,72,91)(H2,73,92)(H,77,93)(H,78,95)(H,79,96)(H,80,94)(H,81,97)(H4,74,75,76)/t41-,42-,44+,45+,46+,47+,48-,50-,51-,52-,53-,61-/m0/s1. The van der Waals surface area contributed by atoms with Gasteiger partial charge >= 0.3 is 0 Å². The number of unbranched alkanes of at least 4 members (excludes halogenated alkanes) is 2. The molecule has 22 N–H and O–H groups in total. The molecular weight excluding hydrogens is 1250 g/mol. The van der Waals surface area contributed by atoms with Crippen molar-refractivity contribution in [3.63, 3.8) is 0 Å². The predicted molar refractivity (Wildman–Crippen MR) is 365 cm³/mol. The molecule has 1 rings (SSSR count). The molecule has 0 aliphatic heterocycles. The Balaban J connectivity index is 3.73. The van der Waals surface area contributed by atoms with E-state index < -0.39 is 180 Å². The number of carbonyl (C=O) groups is 13. The van der Waals surface area contributed by atoms with Crippen molar-refractivity contribution in [3.8, 4) is 5.75 Å². The number of primary amides is 3. The Morgan fingerprint density at radius 2 is 0.856 bits per heavy atom. The number of nitrogens with two attached hydrogens (primary N) is 7. The quantitative estimate of drug-likeness (QED) is 0.0243. The number of rotatable bonds is 54. The van der Waals surface area contributed by atoms with E-state index in [4.69, 9.17) is 40.1 Å². The highest BCUT2D eigenvalue weighted by atomic mass is 16.3. The van der Waals surface area contributed by atoms with Crippen molar-refractivity contribution in [2.75, 3.05) is 26.2 Å². The summed E-state index contributed by atoms with van der Waals surface area (Å²) in [4.78, 5) is 182. The summed E-state index contributed by atoms with van der Waals surface area (Å²) in [5.41, 5.74) is 39.7. The van der Waals surface area contributed by atoms with Crippen LogP contribution in [0.3, 0.4) is 0 Å². The highest BCUT2D eigenvalue weighted by Gasteiger charge is 2.38. The van der Waals surface area contributed by atoms with Crippen LogP contribution in [0.4, 0.5) is 0 Å². The van der Waals surface area contributed by atoms with Crippen molar-refractivity contribution in [1.29, 1.82) is 0 Å². The summed E-state index contributed by atoms with van der Waals surface area (Å²) in [6, 6.07) is -0.753. The van der Waals surface area contributed by atoms with Gasteiger partial charge in [0.2, 0.25) is 47.3 Å². The zero-order chi connectivity index (χ0) is 73.6. The molecule has 12 atom stereocenters. The van der Waals surface area contributed by atoms with Crippen molar-refractivity contribution >= 4 is 82.1 Å². The maximum absolute atomic E-state index is 14.8. The number of carbonyl (C=O) groups excluding carboxylic acids is 13. The Hall–Kier alpha value is -7.76. The second-order valence-electron chi connectivity index (χ2n) is 27.1. The van der Waals surface area contributed by atoms with Gasteiger partial charge in [-0.05, 0) is 139 Å². The third kappa shape index (κ3) is 35.9. The first-order chi connectivity index (χ1) is 45.5. The molecule has 1 aromatic carbocycles. The van der Waals surface area contributed by atoms with Crippen molar-refractivity contribution in [1.82, 2.24) is 26.6 Å². The van der Waals surface area contributed by atoms with Gasteiger partial charge in [0.1, 0.15) is 11.8 Å². The van der Waals surface area contributed by atoms with Gasteiger partial charge in [-0.1, -0.05) is 67.0 Å². The number of aliphatic hydroxyl groups excluding tert-OH is 2. The molecule has 97 heavy (non-hydrogen) atoms. The molecule has 0 aliphatic carbocycles. The molecular formula is C68H115N13O16. The van der Waals surface area contributed by atoms with Gasteiger partial charge in [0.25, 0.3) is 0 Å². The summed E-state index contributed by atoms with van der Waals surface area (Å²) in [7, 11) is 0. The topological polar surface area (TPSA) is 537 Å². The van der Waals surface area contributed by atoms with Crippen LogP contribution < -0.4 is 66.7 Å². The van der Waals surface area contributed by atoms with Crippen LogP contribution in [0.15, 0.2) is 29.3 Å². The van der Waals surface area contributed by atoms with Crippen LogP contribution in [0.5, 0.6) is 5.75 Å². The first-order valence-corrected chi connectivity index (χ1v) is 34.1. The van der Waals surface area contributed by atoms with Gasteiger partial charge in [0, 0.05) is 81.1 Å². The molecule has 0 heterocycles. The minimum absolute atomic E-state index is 0.00610. The minimum Gasteiger partial charge on any atom is -0.508 e. The monoisotopic (exact) mass is 1370 g/mol. The lowest BCUT2D eigenvalue weighted by atomic mass is 9.86. The third-order valence-electron chi connectivity index (χ3n) is 16.8. The number of nitrogens with one attached hydrogen (secondary N) is 5. The number of aliphatic imine (C=N–C) groups is 1. The number of phenolic OH excluding ortho intramolecular Hbond substituents is 1. The molecule has 29 nitrogen and oxygen atoms in total. The smallest absolute Gasteiger partial charge is 0.226 e. The van der Waals surface area contributed by atoms with E-state index in [0.717, 1.165) is 0 Å². The highest BCUT2D eigenvalue weighted by Crippen LogP contribution is 2.25. The second kappa shape index (κ2) is 46.5. The molecule has 29 heteroatoms. The number of benzene rings is 1. The number of amides is 8. The number of hydrogen-bond donors (Lipinski definition) is 15. The molecule has 0 spiro atoms. The zero-order valence-electron chi connectivity index (χ0n) is 58.3. The highest BCUT2D eigenvalue weighted by molar-refractivity contribution is 5.99. The van der Waals surface area contributed by atoms with Crippen LogP contribution in [0.2, 0.25) is 0 Å². The Morgan fingerprint density at radius 1 is 0.443 bits per heavy atom. The van der Waals surface area contributed by atoms with Gasteiger partial charge in [-0.3, -0.25) is 67.3 Å². The number of hydrogen-bond acceptors (Lipinski definition) is 19. The van der Waals surface area contributed by atoms with E-state index in [1.165, 1.54) is 38.1 Å². The maximum Gasteiger partial charge on any atom is 0.226 e. The van der Waals surface area contributed by atoms with Gasteiger partial charge in [0.05, 0.1) is 42.8 Å². The van der Waals surface area contributed by atoms with Gasteiger partial charge in [0.15, 0.2) is 34.9 Å². The van der Waals surface area contributed by atoms with Crippen LogP contribution in [-0.4, -0.2) is 160 Å². The molecule has 1 aromatic rings. The van der Waals surface area contributed by atoms with E-state index in [1.807, 2.05) is 41.5 Å². The molecule has 0 saturated heterocycles.